The van der Waals surface area contributed by atoms with E-state index in [0.29, 0.717) is 17.1 Å². The molecule has 0 radical (unpaired) electrons. The molecule has 5 rings (SSSR count). The van der Waals surface area contributed by atoms with Crippen molar-refractivity contribution in [3.05, 3.63) is 45.8 Å². The van der Waals surface area contributed by atoms with Gasteiger partial charge in [0.25, 0.3) is 5.91 Å². The summed E-state index contributed by atoms with van der Waals surface area (Å²) >= 11 is 3.29. The van der Waals surface area contributed by atoms with Crippen LogP contribution in [0.15, 0.2) is 30.3 Å². The first-order valence-electron chi connectivity index (χ1n) is 11.9. The Kier molecular flexibility index (Phi) is 7.95. The summed E-state index contributed by atoms with van der Waals surface area (Å²) in [7, 11) is 0. The smallest absolute Gasteiger partial charge is 0.263 e. The highest BCUT2D eigenvalue weighted by molar-refractivity contribution is 7.20. The summed E-state index contributed by atoms with van der Waals surface area (Å²) in [4.78, 5) is 24.6. The van der Waals surface area contributed by atoms with Crippen LogP contribution in [0.25, 0.3) is 10.1 Å². The van der Waals surface area contributed by atoms with E-state index in [1.54, 1.807) is 22.7 Å². The Morgan fingerprint density at radius 1 is 1.21 bits per heavy atom. The molecule has 1 aliphatic heterocycles. The summed E-state index contributed by atoms with van der Waals surface area (Å²) in [5.41, 5.74) is 7.18. The lowest BCUT2D eigenvalue weighted by atomic mass is 9.92. The van der Waals surface area contributed by atoms with Crippen LogP contribution in [0, 0.1) is 5.92 Å². The number of hydrogen-bond donors (Lipinski definition) is 1. The molecule has 0 unspecified atom stereocenters. The Balaban J connectivity index is 0.00000259. The molecule has 1 aromatic carbocycles. The number of amides is 1. The predicted octanol–water partition coefficient (Wildman–Crippen LogP) is 5.48. The molecule has 0 saturated carbocycles. The molecule has 1 atom stereocenters. The lowest BCUT2D eigenvalue weighted by Gasteiger charge is -2.39. The Morgan fingerprint density at radius 2 is 2.00 bits per heavy atom. The van der Waals surface area contributed by atoms with E-state index in [1.165, 1.54) is 33.5 Å². The number of nitrogens with zero attached hydrogens (tertiary/aromatic N) is 3. The van der Waals surface area contributed by atoms with Gasteiger partial charge in [0, 0.05) is 35.3 Å². The average molecular weight is 505 g/mol. The first-order valence-corrected chi connectivity index (χ1v) is 13.5. The number of aromatic nitrogens is 1. The minimum Gasteiger partial charge on any atom is -0.375 e. The first-order chi connectivity index (χ1) is 15.6. The van der Waals surface area contributed by atoms with Gasteiger partial charge >= 0.3 is 0 Å². The minimum absolute atomic E-state index is 0. The SMILES string of the molecule is CCCN(CC1CCN(C(=O)c2cc3ccccc3s2)CC1)[C@H]1CCc2nc(N)sc2C1.Cl. The highest BCUT2D eigenvalue weighted by Gasteiger charge is 2.30. The van der Waals surface area contributed by atoms with Crippen molar-refractivity contribution in [2.24, 2.45) is 5.92 Å². The van der Waals surface area contributed by atoms with Gasteiger partial charge in [-0.05, 0) is 68.5 Å². The quantitative estimate of drug-likeness (QED) is 0.482. The van der Waals surface area contributed by atoms with E-state index in [0.717, 1.165) is 56.7 Å². The number of nitrogen functional groups attached to an aromatic ring is 1. The fraction of sp³-hybridized carbons (Fsp3) is 0.520. The van der Waals surface area contributed by atoms with Crippen LogP contribution in [-0.2, 0) is 12.8 Å². The van der Waals surface area contributed by atoms with E-state index in [9.17, 15) is 4.79 Å². The molecule has 2 N–H and O–H groups in total. The highest BCUT2D eigenvalue weighted by Crippen LogP contribution is 2.32. The van der Waals surface area contributed by atoms with Crippen molar-refractivity contribution >= 4 is 56.2 Å². The lowest BCUT2D eigenvalue weighted by molar-refractivity contribution is 0.0647. The lowest BCUT2D eigenvalue weighted by Crippen LogP contribution is -2.45. The molecule has 1 saturated heterocycles. The largest absolute Gasteiger partial charge is 0.375 e. The van der Waals surface area contributed by atoms with Crippen LogP contribution in [0.3, 0.4) is 0 Å². The van der Waals surface area contributed by atoms with Crippen molar-refractivity contribution in [2.45, 2.75) is 51.5 Å². The Morgan fingerprint density at radius 3 is 2.76 bits per heavy atom. The molecule has 0 spiro atoms. The molecular weight excluding hydrogens is 472 g/mol. The van der Waals surface area contributed by atoms with Crippen molar-refractivity contribution in [1.82, 2.24) is 14.8 Å². The Hall–Kier alpha value is -1.67. The van der Waals surface area contributed by atoms with Gasteiger partial charge < -0.3 is 10.6 Å². The minimum atomic E-state index is 0. The molecule has 8 heteroatoms. The third-order valence-electron chi connectivity index (χ3n) is 6.99. The van der Waals surface area contributed by atoms with Crippen molar-refractivity contribution in [1.29, 1.82) is 0 Å². The number of hydrogen-bond acceptors (Lipinski definition) is 6. The third-order valence-corrected chi connectivity index (χ3v) is 9.04. The number of rotatable bonds is 6. The number of carbonyl (C=O) groups excluding carboxylic acids is 1. The fourth-order valence-electron chi connectivity index (χ4n) is 5.29. The van der Waals surface area contributed by atoms with Gasteiger partial charge in [-0.1, -0.05) is 25.1 Å². The van der Waals surface area contributed by atoms with Crippen LogP contribution >= 0.6 is 35.1 Å². The number of halogens is 1. The summed E-state index contributed by atoms with van der Waals surface area (Å²) in [5, 5.41) is 1.89. The van der Waals surface area contributed by atoms with E-state index in [-0.39, 0.29) is 18.3 Å². The van der Waals surface area contributed by atoms with Crippen molar-refractivity contribution in [3.63, 3.8) is 0 Å². The number of piperidine rings is 1. The van der Waals surface area contributed by atoms with Crippen LogP contribution in [0.1, 0.15) is 52.8 Å². The fourth-order valence-corrected chi connectivity index (χ4v) is 7.27. The van der Waals surface area contributed by atoms with Gasteiger partial charge in [0.05, 0.1) is 10.6 Å². The highest BCUT2D eigenvalue weighted by atomic mass is 35.5. The summed E-state index contributed by atoms with van der Waals surface area (Å²) in [6.45, 7) is 6.32. The molecule has 3 heterocycles. The number of nitrogens with two attached hydrogens (primary N) is 1. The molecule has 2 aromatic heterocycles. The van der Waals surface area contributed by atoms with Crippen molar-refractivity contribution in [3.8, 4) is 0 Å². The normalized spacial score (nSPS) is 19.0. The number of anilines is 1. The zero-order chi connectivity index (χ0) is 22.1. The summed E-state index contributed by atoms with van der Waals surface area (Å²) in [6.07, 6.45) is 6.70. The van der Waals surface area contributed by atoms with Crippen molar-refractivity contribution < 1.29 is 4.79 Å². The molecule has 3 aromatic rings. The third kappa shape index (κ3) is 5.37. The second-order valence-corrected chi connectivity index (χ2v) is 11.4. The van der Waals surface area contributed by atoms with E-state index < -0.39 is 0 Å². The van der Waals surface area contributed by atoms with Crippen LogP contribution in [0.5, 0.6) is 0 Å². The zero-order valence-electron chi connectivity index (χ0n) is 19.2. The molecule has 0 bridgehead atoms. The molecule has 178 valence electrons. The molecule has 1 amide bonds. The van der Waals surface area contributed by atoms with E-state index in [1.807, 2.05) is 12.1 Å². The number of carbonyl (C=O) groups is 1. The molecule has 1 aliphatic carbocycles. The molecule has 1 fully saturated rings. The number of thiazole rings is 1. The van der Waals surface area contributed by atoms with Gasteiger partial charge in [-0.3, -0.25) is 9.69 Å². The van der Waals surface area contributed by atoms with Gasteiger partial charge in [-0.25, -0.2) is 4.98 Å². The van der Waals surface area contributed by atoms with Gasteiger partial charge in [0.1, 0.15) is 0 Å². The maximum Gasteiger partial charge on any atom is 0.263 e. The molecular formula is C25H33ClN4OS2. The van der Waals surface area contributed by atoms with Gasteiger partial charge in [-0.2, -0.15) is 0 Å². The van der Waals surface area contributed by atoms with Gasteiger partial charge in [0.2, 0.25) is 0 Å². The summed E-state index contributed by atoms with van der Waals surface area (Å²) in [5.74, 6) is 0.874. The van der Waals surface area contributed by atoms with Crippen LogP contribution in [0.4, 0.5) is 5.13 Å². The van der Waals surface area contributed by atoms with Crippen molar-refractivity contribution in [2.75, 3.05) is 31.9 Å². The number of likely N-dealkylation sites (tertiary alicyclic amines) is 1. The van der Waals surface area contributed by atoms with Crippen LogP contribution in [0.2, 0.25) is 0 Å². The van der Waals surface area contributed by atoms with Crippen LogP contribution < -0.4 is 5.73 Å². The van der Waals surface area contributed by atoms with E-state index >= 15 is 0 Å². The predicted molar refractivity (Wildman–Crippen MR) is 142 cm³/mol. The summed E-state index contributed by atoms with van der Waals surface area (Å²) < 4.78 is 1.19. The molecule has 2 aliphatic rings. The van der Waals surface area contributed by atoms with E-state index in [2.05, 4.69) is 39.9 Å². The van der Waals surface area contributed by atoms with Gasteiger partial charge in [0.15, 0.2) is 5.13 Å². The van der Waals surface area contributed by atoms with Crippen LogP contribution in [-0.4, -0.2) is 52.9 Å². The standard InChI is InChI=1S/C25H32N4OS2.ClH/c1-2-11-29(19-7-8-20-22(15-19)32-25(26)27-20)16-17-9-12-28(13-10-17)24(30)23-14-18-5-3-4-6-21(18)31-23;/h3-6,14,17,19H,2,7-13,15-16H2,1H3,(H2,26,27);1H/t19-;/m0./s1. The maximum atomic E-state index is 13.1. The van der Waals surface area contributed by atoms with Gasteiger partial charge in [-0.15, -0.1) is 35.1 Å². The topological polar surface area (TPSA) is 62.5 Å². The summed E-state index contributed by atoms with van der Waals surface area (Å²) in [6, 6.07) is 10.9. The Bertz CT molecular complexity index is 1060. The number of thiophene rings is 1. The Labute approximate surface area is 210 Å². The first kappa shape index (κ1) is 24.5. The number of benzene rings is 1. The maximum absolute atomic E-state index is 13.1. The second-order valence-electron chi connectivity index (χ2n) is 9.20. The average Bonchev–Trinajstić information content (AvgIpc) is 3.40. The number of fused-ring (bicyclic) bond motifs is 2. The van der Waals surface area contributed by atoms with E-state index in [4.69, 9.17) is 5.73 Å². The second kappa shape index (κ2) is 10.7. The zero-order valence-corrected chi connectivity index (χ0v) is 21.6. The molecule has 5 nitrogen and oxygen atoms in total. The molecule has 33 heavy (non-hydrogen) atoms. The monoisotopic (exact) mass is 504 g/mol. The number of aryl methyl sites for hydroxylation is 1.